The van der Waals surface area contributed by atoms with Gasteiger partial charge in [0.2, 0.25) is 0 Å². The minimum atomic E-state index is -1.28. The van der Waals surface area contributed by atoms with Crippen LogP contribution in [-0.2, 0) is 19.9 Å². The van der Waals surface area contributed by atoms with Crippen LogP contribution in [0.25, 0.3) is 0 Å². The van der Waals surface area contributed by atoms with Crippen LogP contribution in [0.2, 0.25) is 0 Å². The Morgan fingerprint density at radius 3 is 2.74 bits per heavy atom. The highest BCUT2D eigenvalue weighted by atomic mass is 16.6. The lowest BCUT2D eigenvalue weighted by molar-refractivity contribution is -0.162. The van der Waals surface area contributed by atoms with Crippen molar-refractivity contribution in [2.45, 2.75) is 12.5 Å². The molecule has 0 aromatic heterocycles. The minimum absolute atomic E-state index is 0.288. The molecule has 2 rings (SSSR count). The maximum Gasteiger partial charge on any atom is 0.359 e. The highest BCUT2D eigenvalue weighted by Gasteiger charge is 2.44. The Morgan fingerprint density at radius 2 is 2.11 bits per heavy atom. The van der Waals surface area contributed by atoms with Crippen molar-refractivity contribution in [3.05, 3.63) is 54.3 Å². The molecular formula is C15H16O4. The van der Waals surface area contributed by atoms with Gasteiger partial charge in [0.1, 0.15) is 5.75 Å². The van der Waals surface area contributed by atoms with E-state index in [4.69, 9.17) is 14.2 Å². The molecule has 100 valence electrons. The van der Waals surface area contributed by atoms with E-state index in [-0.39, 0.29) is 6.61 Å². The number of hydrogen-bond donors (Lipinski definition) is 0. The van der Waals surface area contributed by atoms with E-state index >= 15 is 0 Å². The van der Waals surface area contributed by atoms with E-state index in [9.17, 15) is 4.79 Å². The maximum absolute atomic E-state index is 12.3. The summed E-state index contributed by atoms with van der Waals surface area (Å²) in [5.74, 6) is 0.121. The van der Waals surface area contributed by atoms with Crippen LogP contribution in [0, 0.1) is 0 Å². The summed E-state index contributed by atoms with van der Waals surface area (Å²) in [6.07, 6.45) is 6.62. The molecule has 1 aliphatic rings. The molecule has 4 heteroatoms. The lowest BCUT2D eigenvalue weighted by Crippen LogP contribution is -2.38. The fourth-order valence-electron chi connectivity index (χ4n) is 1.99. The van der Waals surface area contributed by atoms with Crippen LogP contribution in [0.15, 0.2) is 48.8 Å². The van der Waals surface area contributed by atoms with Crippen LogP contribution >= 0.6 is 0 Å². The number of benzene rings is 1. The van der Waals surface area contributed by atoms with Crippen LogP contribution in [0.5, 0.6) is 5.75 Å². The van der Waals surface area contributed by atoms with Crippen molar-refractivity contribution in [2.75, 3.05) is 13.7 Å². The molecule has 0 bridgehead atoms. The van der Waals surface area contributed by atoms with Crippen molar-refractivity contribution in [3.8, 4) is 5.75 Å². The fraction of sp³-hybridized carbons (Fsp3) is 0.267. The molecule has 4 nitrogen and oxygen atoms in total. The summed E-state index contributed by atoms with van der Waals surface area (Å²) in [5.41, 5.74) is -0.659. The molecule has 0 saturated carbocycles. The number of allylic oxidation sites excluding steroid dienone is 2. The van der Waals surface area contributed by atoms with Gasteiger partial charge in [-0.3, -0.25) is 0 Å². The first kappa shape index (κ1) is 13.2. The van der Waals surface area contributed by atoms with E-state index in [1.54, 1.807) is 44.4 Å². The number of rotatable bonds is 4. The van der Waals surface area contributed by atoms with Gasteiger partial charge >= 0.3 is 5.97 Å². The second kappa shape index (κ2) is 5.61. The zero-order valence-corrected chi connectivity index (χ0v) is 11.0. The van der Waals surface area contributed by atoms with E-state index in [1.165, 1.54) is 6.26 Å². The van der Waals surface area contributed by atoms with Gasteiger partial charge in [-0.1, -0.05) is 24.3 Å². The molecule has 0 aliphatic carbocycles. The Balaban J connectivity index is 2.52. The summed E-state index contributed by atoms with van der Waals surface area (Å²) < 4.78 is 16.0. The van der Waals surface area contributed by atoms with Gasteiger partial charge in [0.05, 0.1) is 25.5 Å². The SMILES string of the molecule is CCOC(=O)C1(c2ccccc2OC)C=CC=CO1. The van der Waals surface area contributed by atoms with E-state index < -0.39 is 11.6 Å². The molecule has 0 radical (unpaired) electrons. The molecule has 1 aromatic carbocycles. The maximum atomic E-state index is 12.3. The Bertz CT molecular complexity index is 519. The third-order valence-electron chi connectivity index (χ3n) is 2.86. The number of carbonyl (C=O) groups excluding carboxylic acids is 1. The van der Waals surface area contributed by atoms with Crippen molar-refractivity contribution in [1.29, 1.82) is 0 Å². The number of esters is 1. The Kier molecular flexibility index (Phi) is 3.90. The average molecular weight is 260 g/mol. The number of para-hydroxylation sites is 1. The van der Waals surface area contributed by atoms with Gasteiger partial charge in [0, 0.05) is 0 Å². The number of ether oxygens (including phenoxy) is 3. The van der Waals surface area contributed by atoms with E-state index in [0.717, 1.165) is 0 Å². The highest BCUT2D eigenvalue weighted by Crippen LogP contribution is 2.37. The van der Waals surface area contributed by atoms with Crippen LogP contribution in [-0.4, -0.2) is 19.7 Å². The normalized spacial score (nSPS) is 20.7. The zero-order valence-electron chi connectivity index (χ0n) is 11.0. The van der Waals surface area contributed by atoms with E-state index in [0.29, 0.717) is 11.3 Å². The molecular weight excluding hydrogens is 244 g/mol. The molecule has 0 saturated heterocycles. The molecule has 1 aromatic rings. The number of methoxy groups -OCH3 is 1. The second-order valence-corrected chi connectivity index (χ2v) is 3.96. The van der Waals surface area contributed by atoms with Gasteiger partial charge in [0.25, 0.3) is 5.60 Å². The first-order valence-electron chi connectivity index (χ1n) is 6.07. The summed E-state index contributed by atoms with van der Waals surface area (Å²) >= 11 is 0. The zero-order chi connectivity index (χ0) is 13.7. The molecule has 0 fully saturated rings. The van der Waals surface area contributed by atoms with Crippen LogP contribution < -0.4 is 4.74 Å². The average Bonchev–Trinajstić information content (AvgIpc) is 2.48. The highest BCUT2D eigenvalue weighted by molar-refractivity contribution is 5.85. The molecule has 19 heavy (non-hydrogen) atoms. The van der Waals surface area contributed by atoms with Crippen LogP contribution in [0.1, 0.15) is 12.5 Å². The molecule has 0 amide bonds. The van der Waals surface area contributed by atoms with Crippen LogP contribution in [0.3, 0.4) is 0 Å². The van der Waals surface area contributed by atoms with Crippen LogP contribution in [0.4, 0.5) is 0 Å². The van der Waals surface area contributed by atoms with E-state index in [2.05, 4.69) is 0 Å². The predicted octanol–water partition coefficient (Wildman–Crippen LogP) is 2.55. The Morgan fingerprint density at radius 1 is 1.32 bits per heavy atom. The van der Waals surface area contributed by atoms with Gasteiger partial charge in [-0.25, -0.2) is 4.79 Å². The second-order valence-electron chi connectivity index (χ2n) is 3.96. The van der Waals surface area contributed by atoms with Gasteiger partial charge < -0.3 is 14.2 Å². The lowest BCUT2D eigenvalue weighted by atomic mass is 9.91. The molecule has 1 unspecified atom stereocenters. The van der Waals surface area contributed by atoms with Gasteiger partial charge in [-0.2, -0.15) is 0 Å². The summed E-state index contributed by atoms with van der Waals surface area (Å²) in [7, 11) is 1.56. The van der Waals surface area contributed by atoms with Gasteiger partial charge in [-0.05, 0) is 25.1 Å². The summed E-state index contributed by atoms with van der Waals surface area (Å²) in [6, 6.07) is 7.24. The fourth-order valence-corrected chi connectivity index (χ4v) is 1.99. The minimum Gasteiger partial charge on any atom is -0.496 e. The number of hydrogen-bond acceptors (Lipinski definition) is 4. The quantitative estimate of drug-likeness (QED) is 0.780. The third kappa shape index (κ3) is 2.34. The van der Waals surface area contributed by atoms with Gasteiger partial charge in [0.15, 0.2) is 0 Å². The molecule has 1 atom stereocenters. The third-order valence-corrected chi connectivity index (χ3v) is 2.86. The smallest absolute Gasteiger partial charge is 0.359 e. The van der Waals surface area contributed by atoms with Crippen molar-refractivity contribution in [3.63, 3.8) is 0 Å². The number of carbonyl (C=O) groups is 1. The lowest BCUT2D eigenvalue weighted by Gasteiger charge is -2.30. The monoisotopic (exact) mass is 260 g/mol. The molecule has 1 aliphatic heterocycles. The van der Waals surface area contributed by atoms with Gasteiger partial charge in [-0.15, -0.1) is 0 Å². The first-order chi connectivity index (χ1) is 9.24. The topological polar surface area (TPSA) is 44.8 Å². The predicted molar refractivity (Wildman–Crippen MR) is 70.7 cm³/mol. The van der Waals surface area contributed by atoms with Crippen molar-refractivity contribution in [1.82, 2.24) is 0 Å². The largest absolute Gasteiger partial charge is 0.496 e. The standard InChI is InChI=1S/C15H16O4/c1-3-18-14(16)15(10-6-7-11-19-15)12-8-4-5-9-13(12)17-2/h4-11H,3H2,1-2H3. The molecule has 0 spiro atoms. The molecule has 0 N–H and O–H groups in total. The van der Waals surface area contributed by atoms with Crippen molar-refractivity contribution >= 4 is 5.97 Å². The summed E-state index contributed by atoms with van der Waals surface area (Å²) in [5, 5.41) is 0. The Labute approximate surface area is 112 Å². The Hall–Kier alpha value is -2.23. The van der Waals surface area contributed by atoms with E-state index in [1.807, 2.05) is 12.1 Å². The van der Waals surface area contributed by atoms with Crippen molar-refractivity contribution in [2.24, 2.45) is 0 Å². The molecule has 1 heterocycles. The van der Waals surface area contributed by atoms with Crippen molar-refractivity contribution < 1.29 is 19.0 Å². The first-order valence-corrected chi connectivity index (χ1v) is 6.07. The summed E-state index contributed by atoms with van der Waals surface area (Å²) in [6.45, 7) is 2.05. The summed E-state index contributed by atoms with van der Waals surface area (Å²) in [4.78, 5) is 12.3.